The molecule has 3 nitrogen and oxygen atoms in total. The molecular weight excluding hydrogens is 324 g/mol. The summed E-state index contributed by atoms with van der Waals surface area (Å²) in [7, 11) is 0. The molecule has 1 aliphatic rings. The van der Waals surface area contributed by atoms with Crippen LogP contribution in [0.25, 0.3) is 6.08 Å². The van der Waals surface area contributed by atoms with Crippen LogP contribution in [0, 0.1) is 0 Å². The van der Waals surface area contributed by atoms with Gasteiger partial charge in [0.15, 0.2) is 0 Å². The van der Waals surface area contributed by atoms with E-state index < -0.39 is 6.10 Å². The molecule has 1 aromatic carbocycles. The van der Waals surface area contributed by atoms with Crippen LogP contribution in [0.15, 0.2) is 42.5 Å². The third-order valence-corrected chi connectivity index (χ3v) is 4.65. The minimum Gasteiger partial charge on any atom is -0.462 e. The van der Waals surface area contributed by atoms with Crippen molar-refractivity contribution in [1.82, 2.24) is 0 Å². The van der Waals surface area contributed by atoms with Crippen LogP contribution >= 0.6 is 0 Å². The van der Waals surface area contributed by atoms with Crippen molar-refractivity contribution < 1.29 is 14.6 Å². The molecule has 142 valence electrons. The van der Waals surface area contributed by atoms with Crippen LogP contribution in [0.4, 0.5) is 0 Å². The van der Waals surface area contributed by atoms with E-state index in [4.69, 9.17) is 4.74 Å². The number of hydrogen-bond donors (Lipinski definition) is 1. The lowest BCUT2D eigenvalue weighted by Gasteiger charge is -2.22. The lowest BCUT2D eigenvalue weighted by atomic mass is 9.99. The Labute approximate surface area is 157 Å². The number of aliphatic hydroxyl groups excluding tert-OH is 1. The van der Waals surface area contributed by atoms with Gasteiger partial charge in [-0.25, -0.2) is 0 Å². The number of carbonyl (C=O) groups is 1. The summed E-state index contributed by atoms with van der Waals surface area (Å²) < 4.78 is 5.40. The van der Waals surface area contributed by atoms with E-state index in [-0.39, 0.29) is 12.1 Å². The highest BCUT2D eigenvalue weighted by molar-refractivity contribution is 5.70. The number of aliphatic hydroxyl groups is 1. The number of esters is 1. The Bertz CT molecular complexity index is 603. The highest BCUT2D eigenvalue weighted by Crippen LogP contribution is 2.19. The Morgan fingerprint density at radius 1 is 1.31 bits per heavy atom. The monoisotopic (exact) mass is 356 g/mol. The Morgan fingerprint density at radius 3 is 3.00 bits per heavy atom. The molecular formula is C23H32O3. The molecule has 1 aromatic rings. The van der Waals surface area contributed by atoms with Gasteiger partial charge < -0.3 is 9.84 Å². The van der Waals surface area contributed by atoms with Crippen LogP contribution < -0.4 is 0 Å². The maximum Gasteiger partial charge on any atom is 0.306 e. The van der Waals surface area contributed by atoms with Crippen molar-refractivity contribution in [3.8, 4) is 0 Å². The van der Waals surface area contributed by atoms with E-state index in [9.17, 15) is 9.90 Å². The van der Waals surface area contributed by atoms with E-state index in [1.807, 2.05) is 24.3 Å². The summed E-state index contributed by atoms with van der Waals surface area (Å²) in [6.45, 7) is 2.20. The fourth-order valence-electron chi connectivity index (χ4n) is 3.17. The lowest BCUT2D eigenvalue weighted by molar-refractivity contribution is -0.153. The molecule has 2 atom stereocenters. The van der Waals surface area contributed by atoms with Crippen LogP contribution in [0.2, 0.25) is 0 Å². The van der Waals surface area contributed by atoms with E-state index in [1.165, 1.54) is 19.3 Å². The van der Waals surface area contributed by atoms with E-state index >= 15 is 0 Å². The first-order valence-corrected chi connectivity index (χ1v) is 9.97. The molecule has 0 amide bonds. The number of allylic oxidation sites excluding steroid dienone is 1. The van der Waals surface area contributed by atoms with Gasteiger partial charge in [0.05, 0.1) is 6.10 Å². The zero-order valence-corrected chi connectivity index (χ0v) is 15.9. The molecule has 0 saturated carbocycles. The molecule has 0 radical (unpaired) electrons. The first kappa shape index (κ1) is 20.4. The first-order valence-electron chi connectivity index (χ1n) is 9.97. The van der Waals surface area contributed by atoms with Gasteiger partial charge in [-0.05, 0) is 43.2 Å². The Kier molecular flexibility index (Phi) is 9.19. The molecule has 1 saturated heterocycles. The summed E-state index contributed by atoms with van der Waals surface area (Å²) in [6.07, 6.45) is 16.2. The van der Waals surface area contributed by atoms with Gasteiger partial charge in [-0.2, -0.15) is 0 Å². The van der Waals surface area contributed by atoms with Gasteiger partial charge in [-0.1, -0.05) is 68.3 Å². The zero-order valence-electron chi connectivity index (χ0n) is 15.9. The molecule has 0 bridgehead atoms. The SMILES string of the molecule is CCCCC/C=C/CC(O)/C=C/c1cccc(CC2CCCC(=O)O2)c1. The second kappa shape index (κ2) is 11.7. The van der Waals surface area contributed by atoms with E-state index in [2.05, 4.69) is 31.2 Å². The van der Waals surface area contributed by atoms with Crippen LogP contribution in [-0.4, -0.2) is 23.3 Å². The molecule has 1 heterocycles. The fourth-order valence-corrected chi connectivity index (χ4v) is 3.17. The molecule has 26 heavy (non-hydrogen) atoms. The van der Waals surface area contributed by atoms with Crippen LogP contribution in [0.1, 0.15) is 69.4 Å². The van der Waals surface area contributed by atoms with E-state index in [0.29, 0.717) is 12.8 Å². The number of ether oxygens (including phenoxy) is 1. The van der Waals surface area contributed by atoms with Gasteiger partial charge in [0.1, 0.15) is 6.10 Å². The molecule has 2 rings (SSSR count). The predicted molar refractivity (Wildman–Crippen MR) is 107 cm³/mol. The van der Waals surface area contributed by atoms with Gasteiger partial charge in [-0.15, -0.1) is 0 Å². The average molecular weight is 357 g/mol. The lowest BCUT2D eigenvalue weighted by Crippen LogP contribution is -2.25. The highest BCUT2D eigenvalue weighted by atomic mass is 16.5. The summed E-state index contributed by atoms with van der Waals surface area (Å²) in [4.78, 5) is 11.4. The summed E-state index contributed by atoms with van der Waals surface area (Å²) in [5.41, 5.74) is 2.23. The van der Waals surface area contributed by atoms with Gasteiger partial charge in [0, 0.05) is 12.8 Å². The predicted octanol–water partition coefficient (Wildman–Crippen LogP) is 5.23. The van der Waals surface area contributed by atoms with Crippen molar-refractivity contribution in [3.05, 3.63) is 53.6 Å². The largest absolute Gasteiger partial charge is 0.462 e. The quantitative estimate of drug-likeness (QED) is 0.355. The third-order valence-electron chi connectivity index (χ3n) is 4.65. The van der Waals surface area contributed by atoms with Crippen molar-refractivity contribution >= 4 is 12.0 Å². The second-order valence-corrected chi connectivity index (χ2v) is 7.08. The molecule has 0 spiro atoms. The maximum absolute atomic E-state index is 11.4. The molecule has 0 aromatic heterocycles. The Hall–Kier alpha value is -1.87. The standard InChI is InChI=1S/C23H32O3/c1-2-3-4-5-6-7-12-21(24)16-15-19-10-8-11-20(17-19)18-22-13-9-14-23(25)26-22/h6-8,10-11,15-17,21-22,24H,2-5,9,12-14,18H2,1H3/b7-6+,16-15+. The molecule has 1 aliphatic heterocycles. The zero-order chi connectivity index (χ0) is 18.6. The molecule has 0 aliphatic carbocycles. The van der Waals surface area contributed by atoms with Gasteiger partial charge >= 0.3 is 5.97 Å². The number of hydrogen-bond acceptors (Lipinski definition) is 3. The summed E-state index contributed by atoms with van der Waals surface area (Å²) in [6, 6.07) is 8.21. The minimum absolute atomic E-state index is 0.00100. The molecule has 2 unspecified atom stereocenters. The Balaban J connectivity index is 1.79. The van der Waals surface area contributed by atoms with Crippen molar-refractivity contribution in [1.29, 1.82) is 0 Å². The fraction of sp³-hybridized carbons (Fsp3) is 0.522. The minimum atomic E-state index is -0.458. The summed E-state index contributed by atoms with van der Waals surface area (Å²) in [5.74, 6) is -0.0804. The second-order valence-electron chi connectivity index (χ2n) is 7.08. The van der Waals surface area contributed by atoms with Crippen molar-refractivity contribution in [3.63, 3.8) is 0 Å². The summed E-state index contributed by atoms with van der Waals surface area (Å²) >= 11 is 0. The molecule has 3 heteroatoms. The van der Waals surface area contributed by atoms with Crippen LogP contribution in [-0.2, 0) is 16.0 Å². The smallest absolute Gasteiger partial charge is 0.306 e. The number of carbonyl (C=O) groups excluding carboxylic acids is 1. The van der Waals surface area contributed by atoms with Crippen molar-refractivity contribution in [2.75, 3.05) is 0 Å². The van der Waals surface area contributed by atoms with Crippen LogP contribution in [0.3, 0.4) is 0 Å². The maximum atomic E-state index is 11.4. The van der Waals surface area contributed by atoms with Gasteiger partial charge in [0.25, 0.3) is 0 Å². The highest BCUT2D eigenvalue weighted by Gasteiger charge is 2.20. The Morgan fingerprint density at radius 2 is 2.19 bits per heavy atom. The average Bonchev–Trinajstić information content (AvgIpc) is 2.63. The normalized spacial score (nSPS) is 19.2. The topological polar surface area (TPSA) is 46.5 Å². The van der Waals surface area contributed by atoms with Crippen LogP contribution in [0.5, 0.6) is 0 Å². The first-order chi connectivity index (χ1) is 12.7. The van der Waals surface area contributed by atoms with Crippen molar-refractivity contribution in [2.24, 2.45) is 0 Å². The molecule has 1 fully saturated rings. The number of cyclic esters (lactones) is 1. The van der Waals surface area contributed by atoms with E-state index in [0.717, 1.165) is 36.8 Å². The number of unbranched alkanes of at least 4 members (excludes halogenated alkanes) is 3. The van der Waals surface area contributed by atoms with Gasteiger partial charge in [-0.3, -0.25) is 4.79 Å². The third kappa shape index (κ3) is 8.01. The molecule has 1 N–H and O–H groups in total. The number of benzene rings is 1. The van der Waals surface area contributed by atoms with Crippen molar-refractivity contribution in [2.45, 2.75) is 76.9 Å². The van der Waals surface area contributed by atoms with E-state index in [1.54, 1.807) is 0 Å². The van der Waals surface area contributed by atoms with Gasteiger partial charge in [0.2, 0.25) is 0 Å². The number of rotatable bonds is 10. The summed E-state index contributed by atoms with van der Waals surface area (Å²) in [5, 5.41) is 10.1.